The summed E-state index contributed by atoms with van der Waals surface area (Å²) in [6.07, 6.45) is 1.55. The van der Waals surface area contributed by atoms with Gasteiger partial charge < -0.3 is 0 Å². The van der Waals surface area contributed by atoms with E-state index in [4.69, 9.17) is 0 Å². The van der Waals surface area contributed by atoms with Gasteiger partial charge in [0.2, 0.25) is 5.91 Å². The van der Waals surface area contributed by atoms with E-state index in [0.29, 0.717) is 0 Å². The van der Waals surface area contributed by atoms with Gasteiger partial charge in [0.25, 0.3) is 10.0 Å². The summed E-state index contributed by atoms with van der Waals surface area (Å²) in [5.74, 6) is -0.203. The maximum Gasteiger partial charge on any atom is 0.284 e. The van der Waals surface area contributed by atoms with E-state index in [2.05, 4.69) is 26.9 Å². The van der Waals surface area contributed by atoms with Crippen LogP contribution in [0.5, 0.6) is 0 Å². The van der Waals surface area contributed by atoms with Crippen molar-refractivity contribution in [2.24, 2.45) is 4.40 Å². The Hall–Kier alpha value is -1.90. The maximum atomic E-state index is 12.7. The summed E-state index contributed by atoms with van der Waals surface area (Å²) in [5.41, 5.74) is 0.808. The van der Waals surface area contributed by atoms with Crippen molar-refractivity contribution in [3.63, 3.8) is 0 Å². The molecule has 1 fully saturated rings. The third-order valence-corrected chi connectivity index (χ3v) is 6.83. The molecule has 0 saturated carbocycles. The molecule has 8 heteroatoms. The minimum Gasteiger partial charge on any atom is -0.285 e. The van der Waals surface area contributed by atoms with Crippen LogP contribution in [-0.4, -0.2) is 30.9 Å². The second kappa shape index (κ2) is 7.77. The number of thioether (sulfide) groups is 1. The number of amidine groups is 1. The van der Waals surface area contributed by atoms with Crippen molar-refractivity contribution in [3.05, 3.63) is 77.3 Å². The van der Waals surface area contributed by atoms with Crippen LogP contribution >= 0.6 is 27.7 Å². The van der Waals surface area contributed by atoms with Gasteiger partial charge in [-0.3, -0.25) is 9.69 Å². The van der Waals surface area contributed by atoms with E-state index in [-0.39, 0.29) is 22.5 Å². The molecule has 2 aromatic carbocycles. The first-order valence-electron chi connectivity index (χ1n) is 7.67. The van der Waals surface area contributed by atoms with Crippen molar-refractivity contribution in [2.45, 2.75) is 10.1 Å². The number of halogens is 1. The first-order valence-corrected chi connectivity index (χ1v) is 10.8. The summed E-state index contributed by atoms with van der Waals surface area (Å²) in [6.45, 7) is 3.84. The zero-order valence-corrected chi connectivity index (χ0v) is 16.8. The van der Waals surface area contributed by atoms with E-state index in [0.717, 1.165) is 21.8 Å². The number of carbonyl (C=O) groups excluding carboxylic acids is 1. The topological polar surface area (TPSA) is 66.8 Å². The number of benzene rings is 2. The smallest absolute Gasteiger partial charge is 0.284 e. The average Bonchev–Trinajstić information content (AvgIpc) is 2.92. The van der Waals surface area contributed by atoms with Gasteiger partial charge >= 0.3 is 0 Å². The highest BCUT2D eigenvalue weighted by molar-refractivity contribution is 9.10. The first kappa shape index (κ1) is 18.9. The molecule has 0 aliphatic carbocycles. The van der Waals surface area contributed by atoms with Crippen LogP contribution < -0.4 is 0 Å². The quantitative estimate of drug-likeness (QED) is 0.645. The normalized spacial score (nSPS) is 19.1. The highest BCUT2D eigenvalue weighted by Crippen LogP contribution is 2.40. The fraction of sp³-hybridized carbons (Fsp3) is 0.111. The number of hydrogen-bond acceptors (Lipinski definition) is 4. The molecule has 1 atom stereocenters. The molecule has 0 bridgehead atoms. The van der Waals surface area contributed by atoms with Crippen LogP contribution in [0.4, 0.5) is 0 Å². The van der Waals surface area contributed by atoms with Gasteiger partial charge in [-0.15, -0.1) is 11.0 Å². The van der Waals surface area contributed by atoms with Crippen molar-refractivity contribution in [2.75, 3.05) is 6.54 Å². The van der Waals surface area contributed by atoms with Crippen LogP contribution in [0.25, 0.3) is 0 Å². The Morgan fingerprint density at radius 1 is 1.15 bits per heavy atom. The lowest BCUT2D eigenvalue weighted by molar-refractivity contribution is -0.125. The molecular formula is C18H15BrN2O3S2. The van der Waals surface area contributed by atoms with Gasteiger partial charge in [-0.25, -0.2) is 0 Å². The molecule has 0 aromatic heterocycles. The van der Waals surface area contributed by atoms with Crippen LogP contribution in [0.2, 0.25) is 0 Å². The second-order valence-electron chi connectivity index (χ2n) is 5.45. The van der Waals surface area contributed by atoms with E-state index in [1.54, 1.807) is 18.2 Å². The van der Waals surface area contributed by atoms with Crippen LogP contribution in [0, 0.1) is 0 Å². The molecular weight excluding hydrogens is 436 g/mol. The van der Waals surface area contributed by atoms with Gasteiger partial charge in [0, 0.05) is 11.0 Å². The number of hydrogen-bond donors (Lipinski definition) is 0. The molecule has 1 unspecified atom stereocenters. The molecule has 0 spiro atoms. The molecule has 1 aliphatic rings. The standard InChI is InChI=1S/C18H15BrN2O3S2/c1-2-12-21-17(22)16(13-6-4-3-5-7-13)25-18(21)20-26(23,24)15-10-8-14(19)9-11-15/h2-11,16H,1,12H2/b20-18+. The molecule has 26 heavy (non-hydrogen) atoms. The van der Waals surface area contributed by atoms with Crippen molar-refractivity contribution < 1.29 is 13.2 Å². The Morgan fingerprint density at radius 3 is 2.42 bits per heavy atom. The fourth-order valence-corrected chi connectivity index (χ4v) is 5.07. The van der Waals surface area contributed by atoms with Gasteiger partial charge in [0.05, 0.1) is 4.90 Å². The van der Waals surface area contributed by atoms with Crippen LogP contribution in [0.1, 0.15) is 10.8 Å². The zero-order chi connectivity index (χ0) is 18.7. The van der Waals surface area contributed by atoms with Crippen molar-refractivity contribution in [3.8, 4) is 0 Å². The minimum absolute atomic E-state index is 0.0722. The summed E-state index contributed by atoms with van der Waals surface area (Å²) in [5, 5.41) is -0.360. The molecule has 134 valence electrons. The summed E-state index contributed by atoms with van der Waals surface area (Å²) >= 11 is 4.41. The number of rotatable bonds is 5. The SMILES string of the molecule is C=CCN1C(=O)C(c2ccccc2)S/C1=N/S(=O)(=O)c1ccc(Br)cc1. The summed E-state index contributed by atoms with van der Waals surface area (Å²) in [4.78, 5) is 14.2. The van der Waals surface area contributed by atoms with Crippen LogP contribution in [-0.2, 0) is 14.8 Å². The predicted octanol–water partition coefficient (Wildman–Crippen LogP) is 4.00. The van der Waals surface area contributed by atoms with Gasteiger partial charge in [0.1, 0.15) is 5.25 Å². The zero-order valence-electron chi connectivity index (χ0n) is 13.6. The van der Waals surface area contributed by atoms with E-state index in [1.807, 2.05) is 30.3 Å². The summed E-state index contributed by atoms with van der Waals surface area (Å²) < 4.78 is 29.9. The third-order valence-electron chi connectivity index (χ3n) is 3.67. The molecule has 3 rings (SSSR count). The third kappa shape index (κ3) is 3.92. The average molecular weight is 451 g/mol. The molecule has 1 amide bonds. The molecule has 0 radical (unpaired) electrons. The highest BCUT2D eigenvalue weighted by Gasteiger charge is 2.39. The Kier molecular flexibility index (Phi) is 5.64. The predicted molar refractivity (Wildman–Crippen MR) is 107 cm³/mol. The maximum absolute atomic E-state index is 12.7. The summed E-state index contributed by atoms with van der Waals surface area (Å²) in [6, 6.07) is 15.4. The lowest BCUT2D eigenvalue weighted by atomic mass is 10.1. The Balaban J connectivity index is 1.98. The van der Waals surface area contributed by atoms with Gasteiger partial charge in [-0.2, -0.15) is 8.42 Å². The van der Waals surface area contributed by atoms with E-state index in [1.165, 1.54) is 17.0 Å². The second-order valence-corrected chi connectivity index (χ2v) is 9.04. The van der Waals surface area contributed by atoms with Crippen molar-refractivity contribution >= 4 is 48.8 Å². The summed E-state index contributed by atoms with van der Waals surface area (Å²) in [7, 11) is -3.92. The largest absolute Gasteiger partial charge is 0.285 e. The van der Waals surface area contributed by atoms with E-state index < -0.39 is 15.3 Å². The molecule has 1 saturated heterocycles. The van der Waals surface area contributed by atoms with Crippen LogP contribution in [0.15, 0.2) is 81.0 Å². The highest BCUT2D eigenvalue weighted by atomic mass is 79.9. The Morgan fingerprint density at radius 2 is 1.81 bits per heavy atom. The van der Waals surface area contributed by atoms with Gasteiger partial charge in [0.15, 0.2) is 5.17 Å². The molecule has 2 aromatic rings. The molecule has 0 N–H and O–H groups in total. The number of amides is 1. The first-order chi connectivity index (χ1) is 12.4. The Labute approximate surface area is 165 Å². The number of sulfonamides is 1. The lowest BCUT2D eigenvalue weighted by Gasteiger charge is -2.13. The lowest BCUT2D eigenvalue weighted by Crippen LogP contribution is -2.30. The van der Waals surface area contributed by atoms with E-state index in [9.17, 15) is 13.2 Å². The number of carbonyl (C=O) groups is 1. The van der Waals surface area contributed by atoms with Gasteiger partial charge in [-0.05, 0) is 29.8 Å². The molecule has 5 nitrogen and oxygen atoms in total. The van der Waals surface area contributed by atoms with Crippen molar-refractivity contribution in [1.29, 1.82) is 0 Å². The monoisotopic (exact) mass is 450 g/mol. The van der Waals surface area contributed by atoms with E-state index >= 15 is 0 Å². The minimum atomic E-state index is -3.92. The number of nitrogens with zero attached hydrogens (tertiary/aromatic N) is 2. The van der Waals surface area contributed by atoms with Crippen LogP contribution in [0.3, 0.4) is 0 Å². The van der Waals surface area contributed by atoms with Gasteiger partial charge in [-0.1, -0.05) is 64.1 Å². The molecule has 1 aliphatic heterocycles. The fourth-order valence-electron chi connectivity index (χ4n) is 2.42. The Bertz CT molecular complexity index is 958. The van der Waals surface area contributed by atoms with Crippen molar-refractivity contribution in [1.82, 2.24) is 4.90 Å². The molecule has 1 heterocycles.